The van der Waals surface area contributed by atoms with Crippen LogP contribution in [0.25, 0.3) is 16.6 Å². The van der Waals surface area contributed by atoms with Crippen molar-refractivity contribution in [3.05, 3.63) is 52.1 Å². The number of pyridine rings is 1. The van der Waals surface area contributed by atoms with E-state index < -0.39 is 0 Å². The van der Waals surface area contributed by atoms with Crippen LogP contribution in [-0.4, -0.2) is 16.8 Å². The summed E-state index contributed by atoms with van der Waals surface area (Å²) in [6.07, 6.45) is 0. The molecule has 0 saturated heterocycles. The highest BCUT2D eigenvalue weighted by molar-refractivity contribution is 5.82. The van der Waals surface area contributed by atoms with Gasteiger partial charge in [0.1, 0.15) is 17.1 Å². The van der Waals surface area contributed by atoms with Crippen molar-refractivity contribution in [1.29, 1.82) is 0 Å². The van der Waals surface area contributed by atoms with Crippen molar-refractivity contribution in [2.45, 2.75) is 13.8 Å². The van der Waals surface area contributed by atoms with E-state index in [0.29, 0.717) is 22.9 Å². The van der Waals surface area contributed by atoms with Gasteiger partial charge in [-0.25, -0.2) is 0 Å². The zero-order valence-corrected chi connectivity index (χ0v) is 11.5. The fourth-order valence-electron chi connectivity index (χ4n) is 2.37. The molecule has 102 valence electrons. The third-order valence-electron chi connectivity index (χ3n) is 3.32. The fourth-order valence-corrected chi connectivity index (χ4v) is 2.37. The van der Waals surface area contributed by atoms with Gasteiger partial charge in [0, 0.05) is 12.1 Å². The van der Waals surface area contributed by atoms with Crippen LogP contribution in [0.2, 0.25) is 0 Å². The Kier molecular flexibility index (Phi) is 2.82. The van der Waals surface area contributed by atoms with Gasteiger partial charge < -0.3 is 9.26 Å². The van der Waals surface area contributed by atoms with Crippen molar-refractivity contribution in [2.75, 3.05) is 7.11 Å². The topological polar surface area (TPSA) is 57.3 Å². The number of ether oxygens (including phenoxy) is 1. The maximum Gasteiger partial charge on any atom is 0.255 e. The normalized spacial score (nSPS) is 10.9. The van der Waals surface area contributed by atoms with Gasteiger partial charge in [-0.3, -0.25) is 9.36 Å². The van der Waals surface area contributed by atoms with Crippen molar-refractivity contribution < 1.29 is 9.26 Å². The van der Waals surface area contributed by atoms with Gasteiger partial charge in [-0.05, 0) is 37.4 Å². The summed E-state index contributed by atoms with van der Waals surface area (Å²) in [7, 11) is 1.60. The van der Waals surface area contributed by atoms with Crippen molar-refractivity contribution in [1.82, 2.24) is 9.72 Å². The molecule has 0 N–H and O–H groups in total. The summed E-state index contributed by atoms with van der Waals surface area (Å²) in [6.45, 7) is 3.61. The average molecular weight is 270 g/mol. The van der Waals surface area contributed by atoms with Gasteiger partial charge in [0.05, 0.1) is 12.6 Å². The molecule has 0 spiro atoms. The molecule has 0 aliphatic heterocycles. The second-order valence-electron chi connectivity index (χ2n) is 4.60. The molecule has 5 heteroatoms. The Labute approximate surface area is 115 Å². The SMILES string of the molecule is COc1ccc2ccc(=O)n(-c3c(C)noc3C)c2c1. The molecule has 0 radical (unpaired) electrons. The van der Waals surface area contributed by atoms with Gasteiger partial charge in [-0.1, -0.05) is 5.16 Å². The van der Waals surface area contributed by atoms with Crippen LogP contribution in [0.4, 0.5) is 0 Å². The van der Waals surface area contributed by atoms with E-state index in [1.807, 2.05) is 25.1 Å². The smallest absolute Gasteiger partial charge is 0.255 e. The lowest BCUT2D eigenvalue weighted by molar-refractivity contribution is 0.393. The molecule has 0 saturated carbocycles. The molecule has 3 aromatic rings. The van der Waals surface area contributed by atoms with E-state index in [-0.39, 0.29) is 5.56 Å². The molecule has 2 aromatic heterocycles. The summed E-state index contributed by atoms with van der Waals surface area (Å²) in [5.74, 6) is 1.31. The first-order chi connectivity index (χ1) is 9.61. The minimum absolute atomic E-state index is 0.125. The van der Waals surface area contributed by atoms with Gasteiger partial charge in [0.25, 0.3) is 5.56 Å². The van der Waals surface area contributed by atoms with E-state index >= 15 is 0 Å². The number of methoxy groups -OCH3 is 1. The van der Waals surface area contributed by atoms with Crippen molar-refractivity contribution in [2.24, 2.45) is 0 Å². The van der Waals surface area contributed by atoms with Gasteiger partial charge in [-0.2, -0.15) is 0 Å². The standard InChI is InChI=1S/C15H14N2O3/c1-9-15(10(2)20-16-9)17-13-8-12(19-3)6-4-11(13)5-7-14(17)18/h4-8H,1-3H3. The predicted octanol–water partition coefficient (Wildman–Crippen LogP) is 2.60. The first kappa shape index (κ1) is 12.5. The summed E-state index contributed by atoms with van der Waals surface area (Å²) in [5.41, 5.74) is 2.01. The highest BCUT2D eigenvalue weighted by Crippen LogP contribution is 2.24. The number of nitrogens with zero attached hydrogens (tertiary/aromatic N) is 2. The first-order valence-electron chi connectivity index (χ1n) is 6.25. The van der Waals surface area contributed by atoms with E-state index in [9.17, 15) is 4.79 Å². The number of aryl methyl sites for hydroxylation is 2. The lowest BCUT2D eigenvalue weighted by Gasteiger charge is -2.10. The number of rotatable bonds is 2. The van der Waals surface area contributed by atoms with Crippen molar-refractivity contribution in [3.63, 3.8) is 0 Å². The highest BCUT2D eigenvalue weighted by Gasteiger charge is 2.15. The number of benzene rings is 1. The predicted molar refractivity (Wildman–Crippen MR) is 75.6 cm³/mol. The van der Waals surface area contributed by atoms with Crippen LogP contribution in [0.1, 0.15) is 11.5 Å². The van der Waals surface area contributed by atoms with Crippen LogP contribution >= 0.6 is 0 Å². The van der Waals surface area contributed by atoms with Crippen LogP contribution in [-0.2, 0) is 0 Å². The van der Waals surface area contributed by atoms with Crippen LogP contribution in [0.5, 0.6) is 5.75 Å². The molecule has 20 heavy (non-hydrogen) atoms. The van der Waals surface area contributed by atoms with Crippen LogP contribution in [0, 0.1) is 13.8 Å². The summed E-state index contributed by atoms with van der Waals surface area (Å²) in [4.78, 5) is 12.3. The Morgan fingerprint density at radius 1 is 1.20 bits per heavy atom. The molecule has 0 atom stereocenters. The zero-order chi connectivity index (χ0) is 14.3. The Balaban J connectivity index is 2.45. The Hall–Kier alpha value is -2.56. The Morgan fingerprint density at radius 2 is 1.95 bits per heavy atom. The number of fused-ring (bicyclic) bond motifs is 1. The van der Waals surface area contributed by atoms with E-state index in [1.165, 1.54) is 0 Å². The molecule has 0 unspecified atom stereocenters. The number of hydrogen-bond acceptors (Lipinski definition) is 4. The molecule has 0 fully saturated rings. The van der Waals surface area contributed by atoms with E-state index in [0.717, 1.165) is 10.9 Å². The largest absolute Gasteiger partial charge is 0.497 e. The molecule has 0 aliphatic rings. The lowest BCUT2D eigenvalue weighted by atomic mass is 10.2. The third-order valence-corrected chi connectivity index (χ3v) is 3.32. The summed E-state index contributed by atoms with van der Waals surface area (Å²) in [5, 5.41) is 4.87. The van der Waals surface area contributed by atoms with E-state index in [4.69, 9.17) is 9.26 Å². The second kappa shape index (κ2) is 4.52. The third kappa shape index (κ3) is 1.79. The van der Waals surface area contributed by atoms with E-state index in [2.05, 4.69) is 5.16 Å². The van der Waals surface area contributed by atoms with E-state index in [1.54, 1.807) is 30.7 Å². The average Bonchev–Trinajstić information content (AvgIpc) is 2.78. The van der Waals surface area contributed by atoms with Crippen molar-refractivity contribution >= 4 is 10.9 Å². The maximum absolute atomic E-state index is 12.3. The molecular weight excluding hydrogens is 256 g/mol. The van der Waals surface area contributed by atoms with Crippen LogP contribution in [0.3, 0.4) is 0 Å². The lowest BCUT2D eigenvalue weighted by Crippen LogP contribution is -2.18. The minimum Gasteiger partial charge on any atom is -0.497 e. The second-order valence-corrected chi connectivity index (χ2v) is 4.60. The Morgan fingerprint density at radius 3 is 2.60 bits per heavy atom. The summed E-state index contributed by atoms with van der Waals surface area (Å²) in [6, 6.07) is 8.96. The quantitative estimate of drug-likeness (QED) is 0.718. The molecule has 0 bridgehead atoms. The van der Waals surface area contributed by atoms with Gasteiger partial charge in [-0.15, -0.1) is 0 Å². The monoisotopic (exact) mass is 270 g/mol. The Bertz CT molecular complexity index is 826. The molecule has 1 aromatic carbocycles. The summed E-state index contributed by atoms with van der Waals surface area (Å²) >= 11 is 0. The molecule has 0 aliphatic carbocycles. The molecular formula is C15H14N2O3. The zero-order valence-electron chi connectivity index (χ0n) is 11.5. The first-order valence-corrected chi connectivity index (χ1v) is 6.25. The molecule has 5 nitrogen and oxygen atoms in total. The highest BCUT2D eigenvalue weighted by atomic mass is 16.5. The van der Waals surface area contributed by atoms with Crippen LogP contribution in [0.15, 0.2) is 39.6 Å². The maximum atomic E-state index is 12.3. The fraction of sp³-hybridized carbons (Fsp3) is 0.200. The molecule has 3 rings (SSSR count). The number of hydrogen-bond donors (Lipinski definition) is 0. The van der Waals surface area contributed by atoms with Gasteiger partial charge >= 0.3 is 0 Å². The molecule has 0 amide bonds. The van der Waals surface area contributed by atoms with Crippen LogP contribution < -0.4 is 10.3 Å². The van der Waals surface area contributed by atoms with Gasteiger partial charge in [0.2, 0.25) is 0 Å². The summed E-state index contributed by atoms with van der Waals surface area (Å²) < 4.78 is 12.0. The van der Waals surface area contributed by atoms with Crippen molar-refractivity contribution in [3.8, 4) is 11.4 Å². The molecule has 2 heterocycles. The van der Waals surface area contributed by atoms with Gasteiger partial charge in [0.15, 0.2) is 5.76 Å². The minimum atomic E-state index is -0.125. The number of aromatic nitrogens is 2.